The molecular weight excluding hydrogens is 200 g/mol. The van der Waals surface area contributed by atoms with Crippen LogP contribution in [0.1, 0.15) is 13.8 Å². The number of aliphatic hydroxyl groups excluding tert-OH is 2. The van der Waals surface area contributed by atoms with Gasteiger partial charge in [0.25, 0.3) is 0 Å². The molecule has 1 heterocycles. The van der Waals surface area contributed by atoms with E-state index in [-0.39, 0.29) is 10.8 Å². The van der Waals surface area contributed by atoms with Gasteiger partial charge in [0.2, 0.25) is 10.8 Å². The average Bonchev–Trinajstić information content (AvgIpc) is 2.55. The molecule has 0 saturated heterocycles. The van der Waals surface area contributed by atoms with Gasteiger partial charge in [-0.1, -0.05) is 12.2 Å². The molecule has 0 atom stereocenters. The van der Waals surface area contributed by atoms with Gasteiger partial charge in [0.1, 0.15) is 0 Å². The molecule has 0 spiro atoms. The summed E-state index contributed by atoms with van der Waals surface area (Å²) in [5, 5.41) is 36.5. The van der Waals surface area contributed by atoms with E-state index in [2.05, 4.69) is 0 Å². The van der Waals surface area contributed by atoms with E-state index in [0.29, 0.717) is 10.4 Å². The minimum absolute atomic E-state index is 0.193. The first-order valence-electron chi connectivity index (χ1n) is 4.28. The van der Waals surface area contributed by atoms with Crippen molar-refractivity contribution in [2.24, 2.45) is 0 Å². The molecule has 0 radical (unpaired) electrons. The van der Waals surface area contributed by atoms with Gasteiger partial charge in [-0.25, -0.2) is 0 Å². The second-order valence-electron chi connectivity index (χ2n) is 2.81. The van der Waals surface area contributed by atoms with Gasteiger partial charge in [-0.05, 0) is 13.8 Å². The normalized spacial score (nSPS) is 13.2. The van der Waals surface area contributed by atoms with Crippen LogP contribution in [-0.2, 0) is 0 Å². The molecule has 0 aliphatic rings. The fraction of sp³-hybridized carbons (Fsp3) is 0.200. The Labute approximate surface area is 84.8 Å². The molecule has 0 fully saturated rings. The van der Waals surface area contributed by atoms with Crippen LogP contribution in [0.5, 0.6) is 0 Å². The zero-order valence-corrected chi connectivity index (χ0v) is 8.35. The molecule has 0 aliphatic heterocycles. The Balaban J connectivity index is 4.17. The van der Waals surface area contributed by atoms with Crippen molar-refractivity contribution in [3.05, 3.63) is 21.3 Å². The SMILES string of the molecule is CC=c1c(=C(O)O)oc(=C(O)O)c1=CC. The van der Waals surface area contributed by atoms with Crippen LogP contribution in [0.4, 0.5) is 0 Å². The third kappa shape index (κ3) is 1.76. The molecule has 0 unspecified atom stereocenters. The molecule has 0 aromatic carbocycles. The van der Waals surface area contributed by atoms with Crippen LogP contribution in [0, 0.1) is 0 Å². The fourth-order valence-corrected chi connectivity index (χ4v) is 1.36. The summed E-state index contributed by atoms with van der Waals surface area (Å²) in [6.45, 7) is 3.34. The highest BCUT2D eigenvalue weighted by Crippen LogP contribution is 1.73. The largest absolute Gasteiger partial charge is 0.478 e. The van der Waals surface area contributed by atoms with Gasteiger partial charge in [0.15, 0.2) is 0 Å². The van der Waals surface area contributed by atoms with E-state index >= 15 is 0 Å². The van der Waals surface area contributed by atoms with Crippen molar-refractivity contribution >= 4 is 24.0 Å². The summed E-state index contributed by atoms with van der Waals surface area (Å²) < 4.78 is 4.91. The van der Waals surface area contributed by atoms with Gasteiger partial charge in [0.05, 0.1) is 0 Å². The molecule has 1 aromatic rings. The zero-order chi connectivity index (χ0) is 11.6. The van der Waals surface area contributed by atoms with E-state index in [4.69, 9.17) is 24.8 Å². The minimum atomic E-state index is -1.00. The Morgan fingerprint density at radius 1 is 0.867 bits per heavy atom. The first kappa shape index (κ1) is 11.0. The summed E-state index contributed by atoms with van der Waals surface area (Å²) >= 11 is 0. The van der Waals surface area contributed by atoms with Crippen molar-refractivity contribution in [3.63, 3.8) is 0 Å². The third-order valence-electron chi connectivity index (χ3n) is 1.97. The van der Waals surface area contributed by atoms with Crippen LogP contribution in [0.25, 0.3) is 24.0 Å². The standard InChI is InChI=1S/C10H12O5/c1-3-5-6(4-2)8(10(13)14)15-7(5)9(11)12/h3-4,11-14H,1-2H3. The van der Waals surface area contributed by atoms with Crippen molar-refractivity contribution in [1.29, 1.82) is 0 Å². The summed E-state index contributed by atoms with van der Waals surface area (Å²) in [5.74, 6) is -2.00. The highest BCUT2D eigenvalue weighted by Gasteiger charge is 2.05. The fourth-order valence-electron chi connectivity index (χ4n) is 1.36. The lowest BCUT2D eigenvalue weighted by Crippen LogP contribution is -2.38. The molecule has 0 amide bonds. The second-order valence-corrected chi connectivity index (χ2v) is 2.81. The van der Waals surface area contributed by atoms with Crippen LogP contribution in [0.3, 0.4) is 0 Å². The van der Waals surface area contributed by atoms with Crippen LogP contribution in [0.15, 0.2) is 4.42 Å². The lowest BCUT2D eigenvalue weighted by molar-refractivity contribution is 0.265. The first-order chi connectivity index (χ1) is 7.02. The van der Waals surface area contributed by atoms with Crippen LogP contribution in [-0.4, -0.2) is 20.4 Å². The molecule has 1 rings (SSSR count). The Kier molecular flexibility index (Phi) is 2.94. The molecular formula is C10H12O5. The van der Waals surface area contributed by atoms with E-state index in [0.717, 1.165) is 0 Å². The number of rotatable bonds is 0. The maximum absolute atomic E-state index is 8.92. The molecule has 4 N–H and O–H groups in total. The summed E-state index contributed by atoms with van der Waals surface area (Å²) in [5.41, 5.74) is -0.387. The number of hydrogen-bond donors (Lipinski definition) is 4. The van der Waals surface area contributed by atoms with Crippen LogP contribution >= 0.6 is 0 Å². The molecule has 5 nitrogen and oxygen atoms in total. The minimum Gasteiger partial charge on any atom is -0.478 e. The Morgan fingerprint density at radius 2 is 1.20 bits per heavy atom. The maximum atomic E-state index is 8.92. The molecule has 0 aliphatic carbocycles. The van der Waals surface area contributed by atoms with E-state index < -0.39 is 11.9 Å². The molecule has 0 bridgehead atoms. The Morgan fingerprint density at radius 3 is 1.40 bits per heavy atom. The second kappa shape index (κ2) is 4.00. The highest BCUT2D eigenvalue weighted by molar-refractivity contribution is 5.34. The highest BCUT2D eigenvalue weighted by atomic mass is 16.5. The van der Waals surface area contributed by atoms with Crippen molar-refractivity contribution in [2.75, 3.05) is 0 Å². The predicted molar refractivity (Wildman–Crippen MR) is 54.8 cm³/mol. The van der Waals surface area contributed by atoms with Crippen molar-refractivity contribution in [1.82, 2.24) is 0 Å². The van der Waals surface area contributed by atoms with Gasteiger partial charge in [0, 0.05) is 10.4 Å². The number of furan rings is 1. The topological polar surface area (TPSA) is 94.1 Å². The summed E-state index contributed by atoms with van der Waals surface area (Å²) in [6.07, 6.45) is 3.15. The van der Waals surface area contributed by atoms with Crippen molar-refractivity contribution in [3.8, 4) is 0 Å². The molecule has 15 heavy (non-hydrogen) atoms. The van der Waals surface area contributed by atoms with Gasteiger partial charge >= 0.3 is 11.9 Å². The third-order valence-corrected chi connectivity index (χ3v) is 1.97. The van der Waals surface area contributed by atoms with Crippen molar-refractivity contribution < 1.29 is 24.8 Å². The number of hydrogen-bond acceptors (Lipinski definition) is 5. The summed E-state index contributed by atoms with van der Waals surface area (Å²) in [6, 6.07) is 0. The first-order valence-corrected chi connectivity index (χ1v) is 4.28. The van der Waals surface area contributed by atoms with Gasteiger partial charge in [-0.15, -0.1) is 0 Å². The Bertz CT molecular complexity index is 530. The van der Waals surface area contributed by atoms with E-state index in [1.54, 1.807) is 26.0 Å². The van der Waals surface area contributed by atoms with Crippen LogP contribution in [0.2, 0.25) is 0 Å². The molecule has 0 saturated carbocycles. The lowest BCUT2D eigenvalue weighted by Gasteiger charge is -1.82. The van der Waals surface area contributed by atoms with E-state index in [9.17, 15) is 0 Å². The van der Waals surface area contributed by atoms with E-state index in [1.807, 2.05) is 0 Å². The quantitative estimate of drug-likeness (QED) is 0.453. The zero-order valence-electron chi connectivity index (χ0n) is 8.35. The Hall–Kier alpha value is -2.04. The maximum Gasteiger partial charge on any atom is 0.319 e. The van der Waals surface area contributed by atoms with Crippen molar-refractivity contribution in [2.45, 2.75) is 13.8 Å². The summed E-state index contributed by atoms with van der Waals surface area (Å²) in [4.78, 5) is 0. The molecule has 5 heteroatoms. The predicted octanol–water partition coefficient (Wildman–Crippen LogP) is -0.756. The molecule has 82 valence electrons. The van der Waals surface area contributed by atoms with Gasteiger partial charge < -0.3 is 24.8 Å². The monoisotopic (exact) mass is 212 g/mol. The lowest BCUT2D eigenvalue weighted by atomic mass is 10.3. The van der Waals surface area contributed by atoms with E-state index in [1.165, 1.54) is 0 Å². The average molecular weight is 212 g/mol. The molecule has 1 aromatic heterocycles. The summed E-state index contributed by atoms with van der Waals surface area (Å²) in [7, 11) is 0. The van der Waals surface area contributed by atoms with Gasteiger partial charge in [-0.2, -0.15) is 0 Å². The van der Waals surface area contributed by atoms with Gasteiger partial charge in [-0.3, -0.25) is 0 Å². The smallest absolute Gasteiger partial charge is 0.319 e. The number of aliphatic hydroxyl groups is 4. The van der Waals surface area contributed by atoms with Crippen LogP contribution < -0.4 is 21.3 Å².